The van der Waals surface area contributed by atoms with E-state index in [1.807, 2.05) is 0 Å². The summed E-state index contributed by atoms with van der Waals surface area (Å²) >= 11 is 0. The summed E-state index contributed by atoms with van der Waals surface area (Å²) in [4.78, 5) is 35.3. The summed E-state index contributed by atoms with van der Waals surface area (Å²) in [6.07, 6.45) is -4.09. The Morgan fingerprint density at radius 3 is 1.57 bits per heavy atom. The number of hydrogen-bond acceptors (Lipinski definition) is 7. The number of nitrogens with zero attached hydrogens (tertiary/aromatic N) is 1. The monoisotopic (exact) mass is 307 g/mol. The zero-order valence-electron chi connectivity index (χ0n) is 11.8. The standard InChI is InChI=1S/C12H21NO8/c1-6(2)3-7(12(20)21)13(10(18)8(16)4-14)11(19)9(17)5-15/h6-9,14-17H,3-5H2,1-2H3,(H,20,21). The van der Waals surface area contributed by atoms with Crippen LogP contribution in [0.2, 0.25) is 0 Å². The van der Waals surface area contributed by atoms with Crippen LogP contribution in [0.1, 0.15) is 20.3 Å². The van der Waals surface area contributed by atoms with Gasteiger partial charge in [-0.3, -0.25) is 14.5 Å². The zero-order valence-corrected chi connectivity index (χ0v) is 11.8. The average Bonchev–Trinajstić information content (AvgIpc) is 2.43. The Morgan fingerprint density at radius 2 is 1.33 bits per heavy atom. The molecule has 0 aliphatic heterocycles. The average molecular weight is 307 g/mol. The van der Waals surface area contributed by atoms with Crippen LogP contribution < -0.4 is 0 Å². The third-order valence-corrected chi connectivity index (χ3v) is 2.68. The molecule has 0 rings (SSSR count). The number of amides is 2. The van der Waals surface area contributed by atoms with E-state index in [4.69, 9.17) is 15.3 Å². The minimum Gasteiger partial charge on any atom is -0.480 e. The van der Waals surface area contributed by atoms with E-state index < -0.39 is 49.2 Å². The molecule has 9 heteroatoms. The second kappa shape index (κ2) is 8.67. The van der Waals surface area contributed by atoms with Crippen molar-refractivity contribution in [1.29, 1.82) is 0 Å². The van der Waals surface area contributed by atoms with Crippen LogP contribution in [0.3, 0.4) is 0 Å². The van der Waals surface area contributed by atoms with Crippen molar-refractivity contribution in [2.24, 2.45) is 5.92 Å². The zero-order chi connectivity index (χ0) is 16.7. The highest BCUT2D eigenvalue weighted by Gasteiger charge is 2.39. The Bertz CT molecular complexity index is 361. The molecule has 0 bridgehead atoms. The summed E-state index contributed by atoms with van der Waals surface area (Å²) in [5.41, 5.74) is 0. The Morgan fingerprint density at radius 1 is 0.952 bits per heavy atom. The van der Waals surface area contributed by atoms with E-state index in [-0.39, 0.29) is 17.2 Å². The number of aliphatic hydroxyl groups is 4. The van der Waals surface area contributed by atoms with Gasteiger partial charge in [0.2, 0.25) is 0 Å². The first-order valence-electron chi connectivity index (χ1n) is 6.34. The quantitative estimate of drug-likeness (QED) is 0.331. The third-order valence-electron chi connectivity index (χ3n) is 2.68. The van der Waals surface area contributed by atoms with Crippen LogP contribution in [0.15, 0.2) is 0 Å². The molecule has 5 N–H and O–H groups in total. The van der Waals surface area contributed by atoms with Gasteiger partial charge in [0.05, 0.1) is 13.2 Å². The number of hydrogen-bond donors (Lipinski definition) is 5. The molecule has 0 aromatic heterocycles. The molecule has 0 aromatic carbocycles. The SMILES string of the molecule is CC(C)CC(C(=O)O)N(C(=O)C(O)CO)C(=O)C(O)CO. The van der Waals surface area contributed by atoms with Gasteiger partial charge >= 0.3 is 5.97 Å². The Balaban J connectivity index is 5.59. The van der Waals surface area contributed by atoms with Crippen LogP contribution >= 0.6 is 0 Å². The predicted octanol–water partition coefficient (Wildman–Crippen LogP) is -2.45. The van der Waals surface area contributed by atoms with Gasteiger partial charge in [-0.25, -0.2) is 4.79 Å². The molecular formula is C12H21NO8. The summed E-state index contributed by atoms with van der Waals surface area (Å²) < 4.78 is 0. The minimum atomic E-state index is -1.99. The van der Waals surface area contributed by atoms with Gasteiger partial charge in [-0.1, -0.05) is 13.8 Å². The Labute approximate surface area is 121 Å². The fourth-order valence-electron chi connectivity index (χ4n) is 1.66. The van der Waals surface area contributed by atoms with E-state index in [1.54, 1.807) is 13.8 Å². The predicted molar refractivity (Wildman–Crippen MR) is 68.9 cm³/mol. The number of carboxylic acid groups (broad SMARTS) is 1. The van der Waals surface area contributed by atoms with E-state index >= 15 is 0 Å². The largest absolute Gasteiger partial charge is 0.480 e. The lowest BCUT2D eigenvalue weighted by Gasteiger charge is -2.30. The molecular weight excluding hydrogens is 286 g/mol. The maximum Gasteiger partial charge on any atom is 0.326 e. The first kappa shape index (κ1) is 19.4. The van der Waals surface area contributed by atoms with Crippen molar-refractivity contribution >= 4 is 17.8 Å². The van der Waals surface area contributed by atoms with Gasteiger partial charge in [0.25, 0.3) is 11.8 Å². The summed E-state index contributed by atoms with van der Waals surface area (Å²) in [5.74, 6) is -4.39. The molecule has 21 heavy (non-hydrogen) atoms. The second-order valence-electron chi connectivity index (χ2n) is 4.93. The molecule has 9 nitrogen and oxygen atoms in total. The third kappa shape index (κ3) is 5.38. The van der Waals surface area contributed by atoms with E-state index in [0.29, 0.717) is 0 Å². The molecule has 0 radical (unpaired) electrons. The van der Waals surface area contributed by atoms with E-state index in [9.17, 15) is 24.6 Å². The van der Waals surface area contributed by atoms with Gasteiger partial charge in [-0.15, -0.1) is 0 Å². The molecule has 3 atom stereocenters. The number of aliphatic hydroxyl groups excluding tert-OH is 4. The van der Waals surface area contributed by atoms with Crippen molar-refractivity contribution in [3.05, 3.63) is 0 Å². The molecule has 0 heterocycles. The summed E-state index contributed by atoms with van der Waals surface area (Å²) in [7, 11) is 0. The number of rotatable bonds is 8. The van der Waals surface area contributed by atoms with E-state index in [1.165, 1.54) is 0 Å². The lowest BCUT2D eigenvalue weighted by molar-refractivity contribution is -0.167. The molecule has 0 saturated carbocycles. The highest BCUT2D eigenvalue weighted by atomic mass is 16.4. The van der Waals surface area contributed by atoms with Crippen molar-refractivity contribution in [3.63, 3.8) is 0 Å². The maximum absolute atomic E-state index is 11.9. The molecule has 0 aliphatic rings. The van der Waals surface area contributed by atoms with E-state index in [2.05, 4.69) is 0 Å². The lowest BCUT2D eigenvalue weighted by atomic mass is 10.0. The van der Waals surface area contributed by atoms with E-state index in [0.717, 1.165) is 0 Å². The first-order chi connectivity index (χ1) is 9.67. The van der Waals surface area contributed by atoms with Crippen molar-refractivity contribution < 1.29 is 39.9 Å². The van der Waals surface area contributed by atoms with Crippen LogP contribution in [0, 0.1) is 5.92 Å². The van der Waals surface area contributed by atoms with Crippen LogP contribution in [0.4, 0.5) is 0 Å². The molecule has 0 fully saturated rings. The summed E-state index contributed by atoms with van der Waals surface area (Å²) in [5, 5.41) is 45.4. The second-order valence-corrected chi connectivity index (χ2v) is 4.93. The Hall–Kier alpha value is -1.55. The van der Waals surface area contributed by atoms with Gasteiger partial charge in [0.1, 0.15) is 6.04 Å². The molecule has 0 aliphatic carbocycles. The topological polar surface area (TPSA) is 156 Å². The highest BCUT2D eigenvalue weighted by molar-refractivity contribution is 6.02. The fraction of sp³-hybridized carbons (Fsp3) is 0.750. The van der Waals surface area contributed by atoms with Gasteiger partial charge < -0.3 is 25.5 Å². The summed E-state index contributed by atoms with van der Waals surface area (Å²) in [6, 6.07) is -1.62. The number of carbonyl (C=O) groups is 3. The number of carboxylic acids is 1. The van der Waals surface area contributed by atoms with Crippen LogP contribution in [0.5, 0.6) is 0 Å². The highest BCUT2D eigenvalue weighted by Crippen LogP contribution is 2.15. The molecule has 3 unspecified atom stereocenters. The van der Waals surface area contributed by atoms with Gasteiger partial charge in [0.15, 0.2) is 12.2 Å². The number of carbonyl (C=O) groups excluding carboxylic acids is 2. The van der Waals surface area contributed by atoms with Crippen molar-refractivity contribution in [2.45, 2.75) is 38.5 Å². The van der Waals surface area contributed by atoms with Crippen LogP contribution in [0.25, 0.3) is 0 Å². The van der Waals surface area contributed by atoms with Crippen molar-refractivity contribution in [3.8, 4) is 0 Å². The fourth-order valence-corrected chi connectivity index (χ4v) is 1.66. The smallest absolute Gasteiger partial charge is 0.326 e. The minimum absolute atomic E-state index is 0.108. The summed E-state index contributed by atoms with van der Waals surface area (Å²) in [6.45, 7) is 1.31. The van der Waals surface area contributed by atoms with Crippen molar-refractivity contribution in [1.82, 2.24) is 4.90 Å². The molecule has 0 spiro atoms. The number of aliphatic carboxylic acids is 1. The molecule has 0 aromatic rings. The van der Waals surface area contributed by atoms with Crippen LogP contribution in [-0.2, 0) is 14.4 Å². The van der Waals surface area contributed by atoms with Gasteiger partial charge in [0, 0.05) is 0 Å². The van der Waals surface area contributed by atoms with Gasteiger partial charge in [-0.05, 0) is 12.3 Å². The Kier molecular flexibility index (Phi) is 8.03. The van der Waals surface area contributed by atoms with Crippen molar-refractivity contribution in [2.75, 3.05) is 13.2 Å². The normalized spacial score (nSPS) is 15.4. The molecule has 122 valence electrons. The maximum atomic E-state index is 11.9. The molecule has 0 saturated heterocycles. The van der Waals surface area contributed by atoms with Crippen LogP contribution in [-0.4, -0.2) is 79.7 Å². The molecule has 2 amide bonds. The first-order valence-corrected chi connectivity index (χ1v) is 6.34. The number of imide groups is 1. The van der Waals surface area contributed by atoms with Gasteiger partial charge in [-0.2, -0.15) is 0 Å². The lowest BCUT2D eigenvalue weighted by Crippen LogP contribution is -2.56.